The molecule has 2 amide bonds. The highest BCUT2D eigenvalue weighted by Crippen LogP contribution is 2.39. The van der Waals surface area contributed by atoms with Gasteiger partial charge in [-0.2, -0.15) is 0 Å². The van der Waals surface area contributed by atoms with Gasteiger partial charge in [0.2, 0.25) is 5.91 Å². The van der Waals surface area contributed by atoms with Crippen LogP contribution in [0.2, 0.25) is 0 Å². The average Bonchev–Trinajstić information content (AvgIpc) is 2.82. The molecule has 0 aromatic carbocycles. The van der Waals surface area contributed by atoms with Crippen molar-refractivity contribution in [3.63, 3.8) is 0 Å². The van der Waals surface area contributed by atoms with Crippen LogP contribution in [0, 0.1) is 0 Å². The van der Waals surface area contributed by atoms with Crippen LogP contribution >= 0.6 is 15.9 Å². The number of hydrogen-bond donors (Lipinski definition) is 1. The van der Waals surface area contributed by atoms with Crippen molar-refractivity contribution in [2.24, 2.45) is 5.73 Å². The lowest BCUT2D eigenvalue weighted by atomic mass is 9.90. The highest BCUT2D eigenvalue weighted by molar-refractivity contribution is 9.10. The number of amides is 2. The van der Waals surface area contributed by atoms with Gasteiger partial charge in [-0.1, -0.05) is 6.07 Å². The Morgan fingerprint density at radius 2 is 2.09 bits per heavy atom. The summed E-state index contributed by atoms with van der Waals surface area (Å²) in [6.45, 7) is 5.75. The monoisotopic (exact) mass is 369 g/mol. The summed E-state index contributed by atoms with van der Waals surface area (Å²) in [7, 11) is 0. The summed E-state index contributed by atoms with van der Waals surface area (Å²) >= 11 is 3.29. The number of ether oxygens (including phenoxy) is 1. The maximum absolute atomic E-state index is 12.5. The molecule has 1 aromatic rings. The highest BCUT2D eigenvalue weighted by Gasteiger charge is 2.52. The SMILES string of the molecule is CC(C)(C)OC(=O)N1CCCC1(C(N)=O)c1cccc(Br)n1. The number of aromatic nitrogens is 1. The molecule has 6 nitrogen and oxygen atoms in total. The van der Waals surface area contributed by atoms with Gasteiger partial charge in [0.25, 0.3) is 0 Å². The van der Waals surface area contributed by atoms with E-state index in [1.54, 1.807) is 39.0 Å². The molecule has 1 fully saturated rings. The third-order valence-electron chi connectivity index (χ3n) is 3.54. The van der Waals surface area contributed by atoms with Gasteiger partial charge in [-0.15, -0.1) is 0 Å². The van der Waals surface area contributed by atoms with Gasteiger partial charge in [0, 0.05) is 6.54 Å². The van der Waals surface area contributed by atoms with Crippen LogP contribution in [-0.2, 0) is 15.1 Å². The van der Waals surface area contributed by atoms with E-state index in [0.29, 0.717) is 29.7 Å². The van der Waals surface area contributed by atoms with Gasteiger partial charge in [0.05, 0.1) is 5.69 Å². The van der Waals surface area contributed by atoms with Gasteiger partial charge in [-0.05, 0) is 61.7 Å². The van der Waals surface area contributed by atoms with Crippen molar-refractivity contribution >= 4 is 27.9 Å². The van der Waals surface area contributed by atoms with Crippen LogP contribution in [-0.4, -0.2) is 34.0 Å². The summed E-state index contributed by atoms with van der Waals surface area (Å²) < 4.78 is 6.00. The van der Waals surface area contributed by atoms with E-state index in [4.69, 9.17) is 10.5 Å². The molecule has 0 aliphatic carbocycles. The van der Waals surface area contributed by atoms with Crippen LogP contribution < -0.4 is 5.73 Å². The smallest absolute Gasteiger partial charge is 0.411 e. The number of carbonyl (C=O) groups is 2. The van der Waals surface area contributed by atoms with Gasteiger partial charge in [-0.3, -0.25) is 9.69 Å². The first-order valence-electron chi connectivity index (χ1n) is 7.10. The molecule has 22 heavy (non-hydrogen) atoms. The van der Waals surface area contributed by atoms with Crippen LogP contribution in [0.4, 0.5) is 4.79 Å². The number of nitrogens with two attached hydrogens (primary N) is 1. The first kappa shape index (κ1) is 16.7. The van der Waals surface area contributed by atoms with Crippen LogP contribution in [0.25, 0.3) is 0 Å². The number of carbonyl (C=O) groups excluding carboxylic acids is 2. The lowest BCUT2D eigenvalue weighted by molar-refractivity contribution is -0.129. The maximum atomic E-state index is 12.5. The molecule has 1 aliphatic rings. The number of rotatable bonds is 2. The molecule has 1 aromatic heterocycles. The number of hydrogen-bond acceptors (Lipinski definition) is 4. The lowest BCUT2D eigenvalue weighted by Gasteiger charge is -2.36. The summed E-state index contributed by atoms with van der Waals surface area (Å²) in [4.78, 5) is 30.5. The normalized spacial score (nSPS) is 21.7. The summed E-state index contributed by atoms with van der Waals surface area (Å²) in [6.07, 6.45) is 0.548. The fourth-order valence-corrected chi connectivity index (χ4v) is 3.01. The predicted octanol–water partition coefficient (Wildman–Crippen LogP) is 2.56. The number of likely N-dealkylation sites (tertiary alicyclic amines) is 1. The first-order valence-corrected chi connectivity index (χ1v) is 7.90. The highest BCUT2D eigenvalue weighted by atomic mass is 79.9. The molecule has 7 heteroatoms. The number of pyridine rings is 1. The third-order valence-corrected chi connectivity index (χ3v) is 3.98. The van der Waals surface area contributed by atoms with E-state index in [1.807, 2.05) is 0 Å². The van der Waals surface area contributed by atoms with E-state index >= 15 is 0 Å². The van der Waals surface area contributed by atoms with E-state index in [2.05, 4.69) is 20.9 Å². The lowest BCUT2D eigenvalue weighted by Crippen LogP contribution is -2.55. The minimum atomic E-state index is -1.26. The summed E-state index contributed by atoms with van der Waals surface area (Å²) in [6, 6.07) is 5.23. The van der Waals surface area contributed by atoms with Crippen LogP contribution in [0.5, 0.6) is 0 Å². The number of halogens is 1. The van der Waals surface area contributed by atoms with E-state index in [0.717, 1.165) is 0 Å². The van der Waals surface area contributed by atoms with Crippen molar-refractivity contribution in [3.05, 3.63) is 28.5 Å². The molecule has 1 saturated heterocycles. The van der Waals surface area contributed by atoms with E-state index in [1.165, 1.54) is 4.90 Å². The second-order valence-electron chi connectivity index (χ2n) is 6.31. The maximum Gasteiger partial charge on any atom is 0.411 e. The molecule has 0 saturated carbocycles. The van der Waals surface area contributed by atoms with Gasteiger partial charge in [0.15, 0.2) is 5.54 Å². The van der Waals surface area contributed by atoms with E-state index < -0.39 is 23.1 Å². The van der Waals surface area contributed by atoms with Crippen molar-refractivity contribution in [2.75, 3.05) is 6.54 Å². The van der Waals surface area contributed by atoms with Crippen molar-refractivity contribution in [1.29, 1.82) is 0 Å². The third kappa shape index (κ3) is 3.09. The average molecular weight is 370 g/mol. The van der Waals surface area contributed by atoms with Crippen LogP contribution in [0.1, 0.15) is 39.3 Å². The molecule has 0 bridgehead atoms. The van der Waals surface area contributed by atoms with Crippen molar-refractivity contribution in [2.45, 2.75) is 44.8 Å². The van der Waals surface area contributed by atoms with Crippen LogP contribution in [0.3, 0.4) is 0 Å². The Balaban J connectivity index is 2.45. The minimum absolute atomic E-state index is 0.409. The molecule has 120 valence electrons. The van der Waals surface area contributed by atoms with Crippen molar-refractivity contribution in [1.82, 2.24) is 9.88 Å². The van der Waals surface area contributed by atoms with Crippen LogP contribution in [0.15, 0.2) is 22.8 Å². The fraction of sp³-hybridized carbons (Fsp3) is 0.533. The topological polar surface area (TPSA) is 85.5 Å². The Morgan fingerprint density at radius 3 is 2.64 bits per heavy atom. The van der Waals surface area contributed by atoms with Gasteiger partial charge in [-0.25, -0.2) is 9.78 Å². The first-order chi connectivity index (χ1) is 10.2. The number of nitrogens with zero attached hydrogens (tertiary/aromatic N) is 2. The Bertz CT molecular complexity index is 600. The number of primary amides is 1. The Labute approximate surface area is 138 Å². The predicted molar refractivity (Wildman–Crippen MR) is 85.0 cm³/mol. The minimum Gasteiger partial charge on any atom is -0.444 e. The van der Waals surface area contributed by atoms with Gasteiger partial charge >= 0.3 is 6.09 Å². The van der Waals surface area contributed by atoms with Gasteiger partial charge < -0.3 is 10.5 Å². The second-order valence-corrected chi connectivity index (χ2v) is 7.12. The molecule has 1 unspecified atom stereocenters. The molecule has 2 rings (SSSR count). The van der Waals surface area contributed by atoms with Crippen molar-refractivity contribution < 1.29 is 14.3 Å². The molecule has 1 atom stereocenters. The second kappa shape index (κ2) is 5.87. The fourth-order valence-electron chi connectivity index (χ4n) is 2.67. The Hall–Kier alpha value is -1.63. The summed E-state index contributed by atoms with van der Waals surface area (Å²) in [5, 5.41) is 0. The molecule has 0 radical (unpaired) electrons. The quantitative estimate of drug-likeness (QED) is 0.811. The van der Waals surface area contributed by atoms with Crippen molar-refractivity contribution in [3.8, 4) is 0 Å². The Kier molecular flexibility index (Phi) is 4.47. The van der Waals surface area contributed by atoms with E-state index in [9.17, 15) is 9.59 Å². The summed E-state index contributed by atoms with van der Waals surface area (Å²) in [5.74, 6) is -0.596. The molecule has 0 spiro atoms. The van der Waals surface area contributed by atoms with E-state index in [-0.39, 0.29) is 0 Å². The summed E-state index contributed by atoms with van der Waals surface area (Å²) in [5.41, 5.74) is 4.22. The zero-order valence-corrected chi connectivity index (χ0v) is 14.5. The van der Waals surface area contributed by atoms with Gasteiger partial charge in [0.1, 0.15) is 10.2 Å². The molecule has 1 aliphatic heterocycles. The molecular weight excluding hydrogens is 350 g/mol. The zero-order valence-electron chi connectivity index (χ0n) is 12.9. The molecular formula is C15H20BrN3O3. The molecule has 2 heterocycles. The standard InChI is InChI=1S/C15H20BrN3O3/c1-14(2,3)22-13(21)19-9-5-8-15(19,12(17)20)10-6-4-7-11(16)18-10/h4,6-7H,5,8-9H2,1-3H3,(H2,17,20). The zero-order chi connectivity index (χ0) is 16.5. The molecule has 2 N–H and O–H groups in total. The Morgan fingerprint density at radius 1 is 1.41 bits per heavy atom. The largest absolute Gasteiger partial charge is 0.444 e.